The number of rotatable bonds is 2. The molecule has 0 unspecified atom stereocenters. The van der Waals surface area contributed by atoms with Gasteiger partial charge in [-0.05, 0) is 18.5 Å². The number of aromatic nitrogens is 2. The van der Waals surface area contributed by atoms with Gasteiger partial charge in [-0.25, -0.2) is 4.79 Å². The van der Waals surface area contributed by atoms with Crippen molar-refractivity contribution >= 4 is 17.5 Å². The van der Waals surface area contributed by atoms with Gasteiger partial charge in [-0.2, -0.15) is 0 Å². The van der Waals surface area contributed by atoms with E-state index in [4.69, 9.17) is 0 Å². The van der Waals surface area contributed by atoms with Crippen LogP contribution in [0.25, 0.3) is 0 Å². The molecule has 10 heavy (non-hydrogen) atoms. The summed E-state index contributed by atoms with van der Waals surface area (Å²) in [5, 5.41) is 3.49. The molecule has 0 aliphatic rings. The molecule has 1 aromatic rings. The Morgan fingerprint density at radius 2 is 2.70 bits per heavy atom. The Labute approximate surface area is 62.0 Å². The molecular formula is C5H6N2O2S. The molecular weight excluding hydrogens is 152 g/mol. The maximum absolute atomic E-state index is 10.8. The second kappa shape index (κ2) is 3.26. The number of ether oxygens (including phenoxy) is 1. The zero-order valence-electron chi connectivity index (χ0n) is 5.40. The molecule has 0 saturated carbocycles. The number of hydrogen-bond acceptors (Lipinski definition) is 5. The van der Waals surface area contributed by atoms with Gasteiger partial charge in [0.15, 0.2) is 4.88 Å². The minimum Gasteiger partial charge on any atom is -0.462 e. The van der Waals surface area contributed by atoms with Crippen LogP contribution in [0.5, 0.6) is 0 Å². The van der Waals surface area contributed by atoms with Gasteiger partial charge in [0.2, 0.25) is 0 Å². The summed E-state index contributed by atoms with van der Waals surface area (Å²) in [7, 11) is 0. The lowest BCUT2D eigenvalue weighted by molar-refractivity contribution is 0.0532. The van der Waals surface area contributed by atoms with Crippen molar-refractivity contribution in [3.05, 3.63) is 11.1 Å². The van der Waals surface area contributed by atoms with Crippen LogP contribution in [0.15, 0.2) is 6.20 Å². The van der Waals surface area contributed by atoms with Crippen LogP contribution < -0.4 is 0 Å². The Bertz CT molecular complexity index is 209. The predicted molar refractivity (Wildman–Crippen MR) is 35.9 cm³/mol. The molecule has 0 N–H and O–H groups in total. The summed E-state index contributed by atoms with van der Waals surface area (Å²) in [6.07, 6.45) is 1.39. The summed E-state index contributed by atoms with van der Waals surface area (Å²) in [5.74, 6) is -0.350. The number of carbonyl (C=O) groups is 1. The summed E-state index contributed by atoms with van der Waals surface area (Å²) >= 11 is 1.04. The Morgan fingerprint density at radius 1 is 1.90 bits per heavy atom. The van der Waals surface area contributed by atoms with Crippen LogP contribution in [0.2, 0.25) is 0 Å². The summed E-state index contributed by atoms with van der Waals surface area (Å²) in [4.78, 5) is 11.3. The van der Waals surface area contributed by atoms with E-state index in [1.54, 1.807) is 6.92 Å². The molecule has 0 saturated heterocycles. The summed E-state index contributed by atoms with van der Waals surface area (Å²) < 4.78 is 8.19. The topological polar surface area (TPSA) is 52.1 Å². The molecule has 0 aromatic carbocycles. The Balaban J connectivity index is 2.59. The van der Waals surface area contributed by atoms with Gasteiger partial charge >= 0.3 is 5.97 Å². The minimum atomic E-state index is -0.350. The molecule has 54 valence electrons. The van der Waals surface area contributed by atoms with E-state index in [0.29, 0.717) is 11.5 Å². The quantitative estimate of drug-likeness (QED) is 0.595. The number of carbonyl (C=O) groups excluding carboxylic acids is 1. The standard InChI is InChI=1S/C5H6N2O2S/c1-2-9-5(8)4-3-6-7-10-4/h3H,2H2,1H3. The SMILES string of the molecule is CCOC(=O)c1cnns1. The number of nitrogens with zero attached hydrogens (tertiary/aromatic N) is 2. The molecule has 5 heteroatoms. The molecule has 1 rings (SSSR count). The van der Waals surface area contributed by atoms with Crippen LogP contribution in [-0.4, -0.2) is 22.2 Å². The fraction of sp³-hybridized carbons (Fsp3) is 0.400. The van der Waals surface area contributed by atoms with Crippen molar-refractivity contribution in [3.8, 4) is 0 Å². The van der Waals surface area contributed by atoms with Gasteiger partial charge in [0, 0.05) is 0 Å². The molecule has 0 amide bonds. The van der Waals surface area contributed by atoms with Gasteiger partial charge in [0.05, 0.1) is 12.8 Å². The van der Waals surface area contributed by atoms with Gasteiger partial charge in [-0.15, -0.1) is 5.10 Å². The Morgan fingerprint density at radius 3 is 3.20 bits per heavy atom. The highest BCUT2D eigenvalue weighted by Crippen LogP contribution is 2.03. The van der Waals surface area contributed by atoms with Crippen molar-refractivity contribution in [1.29, 1.82) is 0 Å². The minimum absolute atomic E-state index is 0.350. The van der Waals surface area contributed by atoms with Crippen molar-refractivity contribution in [3.63, 3.8) is 0 Å². The predicted octanol–water partition coefficient (Wildman–Crippen LogP) is 0.715. The third-order valence-electron chi connectivity index (χ3n) is 0.838. The van der Waals surface area contributed by atoms with E-state index in [2.05, 4.69) is 14.3 Å². The second-order valence-corrected chi connectivity index (χ2v) is 2.29. The van der Waals surface area contributed by atoms with Crippen molar-refractivity contribution in [2.45, 2.75) is 6.92 Å². The highest BCUT2D eigenvalue weighted by molar-refractivity contribution is 7.07. The van der Waals surface area contributed by atoms with Crippen LogP contribution in [0.1, 0.15) is 16.6 Å². The van der Waals surface area contributed by atoms with Crippen LogP contribution >= 0.6 is 11.5 Å². The van der Waals surface area contributed by atoms with E-state index in [0.717, 1.165) is 11.5 Å². The van der Waals surface area contributed by atoms with E-state index >= 15 is 0 Å². The van der Waals surface area contributed by atoms with Crippen molar-refractivity contribution in [1.82, 2.24) is 9.59 Å². The van der Waals surface area contributed by atoms with Crippen molar-refractivity contribution in [2.75, 3.05) is 6.61 Å². The average Bonchev–Trinajstić information content (AvgIpc) is 2.38. The van der Waals surface area contributed by atoms with E-state index < -0.39 is 0 Å². The zero-order chi connectivity index (χ0) is 7.40. The average molecular weight is 158 g/mol. The molecule has 0 spiro atoms. The third-order valence-corrected chi connectivity index (χ3v) is 1.48. The Hall–Kier alpha value is -0.970. The lowest BCUT2D eigenvalue weighted by Gasteiger charge is -1.94. The maximum Gasteiger partial charge on any atom is 0.351 e. The van der Waals surface area contributed by atoms with E-state index in [-0.39, 0.29) is 5.97 Å². The zero-order valence-corrected chi connectivity index (χ0v) is 6.22. The van der Waals surface area contributed by atoms with Crippen molar-refractivity contribution < 1.29 is 9.53 Å². The van der Waals surface area contributed by atoms with E-state index in [9.17, 15) is 4.79 Å². The molecule has 0 aliphatic heterocycles. The Kier molecular flexibility index (Phi) is 2.33. The highest BCUT2D eigenvalue weighted by atomic mass is 32.1. The molecule has 1 aromatic heterocycles. The first-order valence-corrected chi connectivity index (χ1v) is 3.56. The van der Waals surface area contributed by atoms with Gasteiger partial charge < -0.3 is 4.74 Å². The summed E-state index contributed by atoms with van der Waals surface area (Å²) in [5.41, 5.74) is 0. The number of hydrogen-bond donors (Lipinski definition) is 0. The third kappa shape index (κ3) is 1.51. The monoisotopic (exact) mass is 158 g/mol. The second-order valence-electron chi connectivity index (χ2n) is 1.50. The molecule has 0 fully saturated rings. The summed E-state index contributed by atoms with van der Waals surface area (Å²) in [6.45, 7) is 2.14. The largest absolute Gasteiger partial charge is 0.462 e. The fourth-order valence-electron chi connectivity index (χ4n) is 0.459. The first-order valence-electron chi connectivity index (χ1n) is 2.79. The highest BCUT2D eigenvalue weighted by Gasteiger charge is 2.07. The van der Waals surface area contributed by atoms with Crippen LogP contribution in [0, 0.1) is 0 Å². The van der Waals surface area contributed by atoms with Crippen LogP contribution in [-0.2, 0) is 4.74 Å². The lowest BCUT2D eigenvalue weighted by Crippen LogP contribution is -2.01. The van der Waals surface area contributed by atoms with Crippen LogP contribution in [0.4, 0.5) is 0 Å². The summed E-state index contributed by atoms with van der Waals surface area (Å²) in [6, 6.07) is 0. The first-order chi connectivity index (χ1) is 4.84. The molecule has 0 bridgehead atoms. The van der Waals surface area contributed by atoms with Crippen LogP contribution in [0.3, 0.4) is 0 Å². The normalized spacial score (nSPS) is 9.30. The van der Waals surface area contributed by atoms with E-state index in [1.165, 1.54) is 6.20 Å². The maximum atomic E-state index is 10.8. The number of esters is 1. The van der Waals surface area contributed by atoms with E-state index in [1.807, 2.05) is 0 Å². The van der Waals surface area contributed by atoms with Crippen molar-refractivity contribution in [2.24, 2.45) is 0 Å². The van der Waals surface area contributed by atoms with Gasteiger partial charge in [0.1, 0.15) is 0 Å². The smallest absolute Gasteiger partial charge is 0.351 e. The first kappa shape index (κ1) is 7.14. The fourth-order valence-corrected chi connectivity index (χ4v) is 0.869. The lowest BCUT2D eigenvalue weighted by atomic mass is 10.6. The molecule has 1 heterocycles. The van der Waals surface area contributed by atoms with Gasteiger partial charge in [-0.3, -0.25) is 0 Å². The molecule has 0 radical (unpaired) electrons. The van der Waals surface area contributed by atoms with Gasteiger partial charge in [-0.1, -0.05) is 4.49 Å². The van der Waals surface area contributed by atoms with Gasteiger partial charge in [0.25, 0.3) is 0 Å². The molecule has 4 nitrogen and oxygen atoms in total. The molecule has 0 aliphatic carbocycles. The molecule has 0 atom stereocenters.